The number of nitrogens with two attached hydrogens (primary N) is 1. The Morgan fingerprint density at radius 3 is 2.48 bits per heavy atom. The zero-order chi connectivity index (χ0) is 21.3. The van der Waals surface area contributed by atoms with Crippen molar-refractivity contribution in [3.8, 4) is 22.8 Å². The van der Waals surface area contributed by atoms with Crippen molar-refractivity contribution in [1.29, 1.82) is 0 Å². The van der Waals surface area contributed by atoms with Crippen LogP contribution in [0.25, 0.3) is 16.9 Å². The van der Waals surface area contributed by atoms with Gasteiger partial charge in [0.2, 0.25) is 16.0 Å². The number of benzene rings is 2. The first-order valence-corrected chi connectivity index (χ1v) is 10.4. The highest BCUT2D eigenvalue weighted by Crippen LogP contribution is 2.33. The summed E-state index contributed by atoms with van der Waals surface area (Å²) in [5.41, 5.74) is 2.34. The molecular formula is C21H23N5O4S. The summed E-state index contributed by atoms with van der Waals surface area (Å²) in [6, 6.07) is 13.6. The van der Waals surface area contributed by atoms with E-state index in [2.05, 4.69) is 15.3 Å². The number of hydrogen-bond donors (Lipinski definition) is 2. The summed E-state index contributed by atoms with van der Waals surface area (Å²) in [5.74, 6) is 1.54. The molecule has 2 aromatic carbocycles. The maximum absolute atomic E-state index is 11.9. The number of aromatic nitrogens is 3. The van der Waals surface area contributed by atoms with Crippen molar-refractivity contribution in [2.45, 2.75) is 12.3 Å². The van der Waals surface area contributed by atoms with Gasteiger partial charge in [0.05, 0.1) is 25.6 Å². The van der Waals surface area contributed by atoms with Gasteiger partial charge in [0, 0.05) is 24.0 Å². The molecule has 0 aliphatic heterocycles. The fourth-order valence-corrected chi connectivity index (χ4v) is 3.79. The monoisotopic (exact) mass is 441 g/mol. The summed E-state index contributed by atoms with van der Waals surface area (Å²) in [6.45, 7) is 0. The van der Waals surface area contributed by atoms with Crippen molar-refractivity contribution >= 4 is 27.3 Å². The van der Waals surface area contributed by atoms with Crippen LogP contribution in [-0.4, -0.2) is 37.0 Å². The number of imidazole rings is 1. The van der Waals surface area contributed by atoms with Crippen molar-refractivity contribution in [1.82, 2.24) is 14.4 Å². The number of para-hydroxylation sites is 1. The van der Waals surface area contributed by atoms with E-state index in [1.54, 1.807) is 55.3 Å². The van der Waals surface area contributed by atoms with E-state index in [-0.39, 0.29) is 12.3 Å². The highest BCUT2D eigenvalue weighted by Gasteiger charge is 2.16. The van der Waals surface area contributed by atoms with Crippen LogP contribution in [-0.2, 0) is 10.0 Å². The number of rotatable bonds is 6. The molecule has 2 aromatic heterocycles. The Labute approximate surface area is 180 Å². The number of nitrogens with zero attached hydrogens (tertiary/aromatic N) is 3. The molecule has 2 heterocycles. The van der Waals surface area contributed by atoms with Crippen molar-refractivity contribution < 1.29 is 17.9 Å². The number of hydrogen-bond acceptors (Lipinski definition) is 7. The summed E-state index contributed by atoms with van der Waals surface area (Å²) in [7, 11) is -0.792. The van der Waals surface area contributed by atoms with Crippen molar-refractivity contribution in [2.24, 2.45) is 5.14 Å². The van der Waals surface area contributed by atoms with E-state index < -0.39 is 10.0 Å². The fourth-order valence-electron chi connectivity index (χ4n) is 3.09. The van der Waals surface area contributed by atoms with Crippen molar-refractivity contribution in [2.75, 3.05) is 19.5 Å². The molecule has 9 nitrogen and oxygen atoms in total. The lowest BCUT2D eigenvalue weighted by molar-refractivity contribution is 0.355. The van der Waals surface area contributed by atoms with Gasteiger partial charge in [-0.3, -0.25) is 4.40 Å². The lowest BCUT2D eigenvalue weighted by atomic mass is 10.1. The third kappa shape index (κ3) is 4.30. The molecular weight excluding hydrogens is 418 g/mol. The Hall–Kier alpha value is -3.63. The van der Waals surface area contributed by atoms with Crippen LogP contribution in [0, 0.1) is 0 Å². The van der Waals surface area contributed by atoms with Gasteiger partial charge >= 0.3 is 0 Å². The average Bonchev–Trinajstić information content (AvgIpc) is 3.22. The molecule has 0 atom stereocenters. The quantitative estimate of drug-likeness (QED) is 0.470. The molecule has 0 amide bonds. The highest BCUT2D eigenvalue weighted by atomic mass is 32.2. The largest absolute Gasteiger partial charge is 0.493 e. The zero-order valence-electron chi connectivity index (χ0n) is 16.2. The van der Waals surface area contributed by atoms with Gasteiger partial charge in [0.15, 0.2) is 11.5 Å². The van der Waals surface area contributed by atoms with Crippen LogP contribution in [0.3, 0.4) is 0 Å². The lowest BCUT2D eigenvalue weighted by Gasteiger charge is -2.14. The molecule has 0 aliphatic rings. The van der Waals surface area contributed by atoms with E-state index in [9.17, 15) is 8.42 Å². The van der Waals surface area contributed by atoms with Gasteiger partial charge in [-0.2, -0.15) is 0 Å². The lowest BCUT2D eigenvalue weighted by Crippen LogP contribution is -2.14. The number of primary sulfonamides is 1. The van der Waals surface area contributed by atoms with Gasteiger partial charge in [-0.05, 0) is 30.3 Å². The predicted molar refractivity (Wildman–Crippen MR) is 119 cm³/mol. The molecule has 0 spiro atoms. The second-order valence-electron chi connectivity index (χ2n) is 6.36. The Morgan fingerprint density at radius 2 is 1.77 bits per heavy atom. The Balaban J connectivity index is 0.00000272. The van der Waals surface area contributed by atoms with Crippen LogP contribution in [0.1, 0.15) is 7.43 Å². The first-order valence-electron chi connectivity index (χ1n) is 8.86. The van der Waals surface area contributed by atoms with Crippen molar-refractivity contribution in [3.63, 3.8) is 0 Å². The molecule has 10 heteroatoms. The Kier molecular flexibility index (Phi) is 6.14. The minimum Gasteiger partial charge on any atom is -0.493 e. The number of sulfonamides is 1. The van der Waals surface area contributed by atoms with Gasteiger partial charge in [-0.25, -0.2) is 23.5 Å². The Morgan fingerprint density at radius 1 is 1.03 bits per heavy atom. The summed E-state index contributed by atoms with van der Waals surface area (Å²) >= 11 is 0. The van der Waals surface area contributed by atoms with Crippen LogP contribution in [0.4, 0.5) is 11.6 Å². The Bertz CT molecular complexity index is 1330. The molecule has 162 valence electrons. The topological polar surface area (TPSA) is 121 Å². The first kappa shape index (κ1) is 22.1. The summed E-state index contributed by atoms with van der Waals surface area (Å²) in [5, 5.41) is 8.42. The molecule has 3 N–H and O–H groups in total. The second kappa shape index (κ2) is 8.62. The van der Waals surface area contributed by atoms with E-state index >= 15 is 0 Å². The van der Waals surface area contributed by atoms with Gasteiger partial charge in [0.1, 0.15) is 10.5 Å². The predicted octanol–water partition coefficient (Wildman–Crippen LogP) is 3.44. The fraction of sp³-hybridized carbons (Fsp3) is 0.143. The molecule has 0 fully saturated rings. The van der Waals surface area contributed by atoms with E-state index in [1.807, 2.05) is 18.2 Å². The molecule has 4 rings (SSSR count). The van der Waals surface area contributed by atoms with Gasteiger partial charge < -0.3 is 14.8 Å². The van der Waals surface area contributed by atoms with Crippen LogP contribution < -0.4 is 19.9 Å². The second-order valence-corrected chi connectivity index (χ2v) is 7.89. The molecule has 0 bridgehead atoms. The van der Waals surface area contributed by atoms with Gasteiger partial charge in [-0.15, -0.1) is 0 Å². The number of methoxy groups -OCH3 is 2. The standard InChI is InChI=1S/C20H19N5O4S.CH4/c1-28-16-8-7-13(11-17(16)29-2)15-12-19-22-9-10-25(19)20(24-15)23-14-5-3-4-6-18(14)30(21,26)27;/h3-12H,1-2H3,(H,23,24)(H2,21,26,27);1H4. The van der Waals surface area contributed by atoms with E-state index in [0.29, 0.717) is 34.5 Å². The molecule has 0 saturated heterocycles. The highest BCUT2D eigenvalue weighted by molar-refractivity contribution is 7.89. The van der Waals surface area contributed by atoms with Crippen LogP contribution in [0.15, 0.2) is 65.8 Å². The first-order chi connectivity index (χ1) is 14.4. The summed E-state index contributed by atoms with van der Waals surface area (Å²) in [6.07, 6.45) is 3.36. The minimum atomic E-state index is -3.92. The zero-order valence-corrected chi connectivity index (χ0v) is 17.1. The molecule has 0 radical (unpaired) electrons. The van der Waals surface area contributed by atoms with Crippen LogP contribution in [0.5, 0.6) is 11.5 Å². The van der Waals surface area contributed by atoms with Gasteiger partial charge in [0.25, 0.3) is 0 Å². The molecule has 0 aliphatic carbocycles. The van der Waals surface area contributed by atoms with Crippen LogP contribution in [0.2, 0.25) is 0 Å². The minimum absolute atomic E-state index is 0. The summed E-state index contributed by atoms with van der Waals surface area (Å²) < 4.78 is 36.3. The molecule has 4 aromatic rings. The van der Waals surface area contributed by atoms with E-state index in [1.165, 1.54) is 6.07 Å². The van der Waals surface area contributed by atoms with Gasteiger partial charge in [-0.1, -0.05) is 19.6 Å². The number of nitrogens with one attached hydrogen (secondary N) is 1. The SMILES string of the molecule is C.COc1ccc(-c2cc3nccn3c(Nc3ccccc3S(N)(=O)=O)n2)cc1OC. The maximum atomic E-state index is 11.9. The number of fused-ring (bicyclic) bond motifs is 1. The average molecular weight is 442 g/mol. The molecule has 31 heavy (non-hydrogen) atoms. The molecule has 0 unspecified atom stereocenters. The maximum Gasteiger partial charge on any atom is 0.240 e. The smallest absolute Gasteiger partial charge is 0.240 e. The van der Waals surface area contributed by atoms with Crippen LogP contribution >= 0.6 is 0 Å². The molecule has 0 saturated carbocycles. The number of anilines is 2. The van der Waals surface area contributed by atoms with Crippen molar-refractivity contribution in [3.05, 3.63) is 60.9 Å². The van der Waals surface area contributed by atoms with E-state index in [0.717, 1.165) is 5.56 Å². The third-order valence-electron chi connectivity index (χ3n) is 4.51. The van der Waals surface area contributed by atoms with E-state index in [4.69, 9.17) is 14.6 Å². The third-order valence-corrected chi connectivity index (χ3v) is 5.48. The number of ether oxygens (including phenoxy) is 2. The normalized spacial score (nSPS) is 11.1. The summed E-state index contributed by atoms with van der Waals surface area (Å²) in [4.78, 5) is 8.98.